The van der Waals surface area contributed by atoms with Gasteiger partial charge in [-0.25, -0.2) is 4.98 Å². The van der Waals surface area contributed by atoms with Crippen molar-refractivity contribution >= 4 is 21.8 Å². The van der Waals surface area contributed by atoms with Crippen molar-refractivity contribution in [3.63, 3.8) is 0 Å². The predicted octanol–water partition coefficient (Wildman–Crippen LogP) is 7.80. The molecule has 0 atom stereocenters. The number of aromatic nitrogens is 3. The predicted molar refractivity (Wildman–Crippen MR) is 149 cm³/mol. The van der Waals surface area contributed by atoms with Gasteiger partial charge in [-0.05, 0) is 52.4 Å². The summed E-state index contributed by atoms with van der Waals surface area (Å²) in [6.45, 7) is 6.54. The fraction of sp³-hybridized carbons (Fsp3) is 0.121. The van der Waals surface area contributed by atoms with Crippen LogP contribution in [-0.4, -0.2) is 14.5 Å². The second-order valence-electron chi connectivity index (χ2n) is 10.1. The number of pyridine rings is 2. The second kappa shape index (κ2) is 10.5. The molecule has 6 aromatic rings. The Labute approximate surface area is 242 Å². The zero-order valence-electron chi connectivity index (χ0n) is 21.7. The Morgan fingerprint density at radius 3 is 2.44 bits per heavy atom. The van der Waals surface area contributed by atoms with E-state index in [0.717, 1.165) is 38.9 Å². The molecular formula is C33H24N4OPt. The Morgan fingerprint density at radius 1 is 0.846 bits per heavy atom. The van der Waals surface area contributed by atoms with Gasteiger partial charge in [-0.1, -0.05) is 50.6 Å². The van der Waals surface area contributed by atoms with Gasteiger partial charge in [0.15, 0.2) is 0 Å². The molecule has 0 fully saturated rings. The molecule has 3 aromatic heterocycles. The van der Waals surface area contributed by atoms with Gasteiger partial charge in [0.25, 0.3) is 0 Å². The number of fused-ring (bicyclic) bond motifs is 3. The van der Waals surface area contributed by atoms with E-state index in [1.165, 1.54) is 5.56 Å². The van der Waals surface area contributed by atoms with Crippen LogP contribution in [0, 0.1) is 23.5 Å². The number of nitriles is 1. The molecule has 3 aromatic carbocycles. The third-order valence-electron chi connectivity index (χ3n) is 6.56. The van der Waals surface area contributed by atoms with E-state index >= 15 is 0 Å². The van der Waals surface area contributed by atoms with Crippen LogP contribution in [-0.2, 0) is 26.5 Å². The number of rotatable bonds is 4. The first kappa shape index (κ1) is 26.3. The van der Waals surface area contributed by atoms with Crippen LogP contribution >= 0.6 is 0 Å². The molecule has 192 valence electrons. The van der Waals surface area contributed by atoms with Crippen LogP contribution in [0.3, 0.4) is 0 Å². The van der Waals surface area contributed by atoms with Crippen molar-refractivity contribution < 1.29 is 25.8 Å². The summed E-state index contributed by atoms with van der Waals surface area (Å²) in [5.74, 6) is 1.88. The van der Waals surface area contributed by atoms with Gasteiger partial charge in [0, 0.05) is 35.0 Å². The summed E-state index contributed by atoms with van der Waals surface area (Å²) < 4.78 is 8.29. The van der Waals surface area contributed by atoms with Crippen molar-refractivity contribution in [3.05, 3.63) is 115 Å². The number of benzene rings is 3. The second-order valence-corrected chi connectivity index (χ2v) is 10.1. The minimum atomic E-state index is -0.0410. The van der Waals surface area contributed by atoms with Gasteiger partial charge in [0.1, 0.15) is 5.82 Å². The first-order chi connectivity index (χ1) is 18.4. The summed E-state index contributed by atoms with van der Waals surface area (Å²) >= 11 is 0. The monoisotopic (exact) mass is 687 g/mol. The molecular weight excluding hydrogens is 663 g/mol. The molecule has 0 amide bonds. The molecule has 0 unspecified atom stereocenters. The summed E-state index contributed by atoms with van der Waals surface area (Å²) in [5.41, 5.74) is 5.10. The third-order valence-corrected chi connectivity index (χ3v) is 6.56. The van der Waals surface area contributed by atoms with Crippen LogP contribution in [0.2, 0.25) is 0 Å². The zero-order valence-corrected chi connectivity index (χ0v) is 23.9. The maximum atomic E-state index is 9.88. The van der Waals surface area contributed by atoms with Gasteiger partial charge >= 0.3 is 21.1 Å². The average Bonchev–Trinajstić information content (AvgIpc) is 3.27. The Bertz CT molecular complexity index is 1850. The molecule has 0 radical (unpaired) electrons. The minimum Gasteiger partial charge on any atom is -0.503 e. The SMILES string of the molecule is CC(C)(C)c1ccnc(-n2c3[c-]c(Oc4[c-]c(-c5ccccn5)ccc4)ccc3c3c(C#N)cccc32)c1.[Pt+2]. The molecule has 0 saturated carbocycles. The standard InChI is InChI=1S/C33H24N4O.Pt/c1-33(2,3)24-15-17-36-31(19-24)37-29-12-7-9-23(21-34)32(29)27-14-13-26(20-30(27)37)38-25-10-6-8-22(18-25)28-11-4-5-16-35-28;/h4-17,19H,1-3H3;/q-2;+2. The van der Waals surface area contributed by atoms with Crippen LogP contribution in [0.15, 0.2) is 91.3 Å². The molecule has 5 nitrogen and oxygen atoms in total. The van der Waals surface area contributed by atoms with Crippen molar-refractivity contribution in [2.75, 3.05) is 0 Å². The van der Waals surface area contributed by atoms with Gasteiger partial charge in [-0.2, -0.15) is 11.3 Å². The molecule has 6 rings (SSSR count). The Kier molecular flexibility index (Phi) is 7.08. The van der Waals surface area contributed by atoms with Crippen LogP contribution in [0.4, 0.5) is 0 Å². The molecule has 6 heteroatoms. The summed E-state index contributed by atoms with van der Waals surface area (Å²) in [6, 6.07) is 34.4. The van der Waals surface area contributed by atoms with Gasteiger partial charge in [0.05, 0.1) is 6.07 Å². The Morgan fingerprint density at radius 2 is 1.67 bits per heavy atom. The summed E-state index contributed by atoms with van der Waals surface area (Å²) in [4.78, 5) is 9.13. The van der Waals surface area contributed by atoms with Crippen molar-refractivity contribution in [3.8, 4) is 34.6 Å². The quantitative estimate of drug-likeness (QED) is 0.178. The number of ether oxygens (including phenoxy) is 1. The van der Waals surface area contributed by atoms with E-state index in [1.54, 1.807) is 6.20 Å². The van der Waals surface area contributed by atoms with Crippen molar-refractivity contribution in [1.29, 1.82) is 5.26 Å². The Balaban J connectivity index is 0.00000308. The molecule has 39 heavy (non-hydrogen) atoms. The maximum absolute atomic E-state index is 9.88. The van der Waals surface area contributed by atoms with Gasteiger partial charge in [0.2, 0.25) is 0 Å². The van der Waals surface area contributed by atoms with E-state index in [9.17, 15) is 5.26 Å². The molecule has 0 aliphatic rings. The molecule has 0 N–H and O–H groups in total. The van der Waals surface area contributed by atoms with Gasteiger partial charge in [-0.3, -0.25) is 0 Å². The largest absolute Gasteiger partial charge is 2.00 e. The van der Waals surface area contributed by atoms with Gasteiger partial charge in [-0.15, -0.1) is 41.3 Å². The fourth-order valence-corrected chi connectivity index (χ4v) is 4.67. The van der Waals surface area contributed by atoms with Crippen LogP contribution in [0.5, 0.6) is 11.5 Å². The van der Waals surface area contributed by atoms with Crippen molar-refractivity contribution in [1.82, 2.24) is 14.5 Å². The van der Waals surface area contributed by atoms with Crippen LogP contribution < -0.4 is 4.74 Å². The molecule has 0 saturated heterocycles. The third kappa shape index (κ3) is 4.96. The number of nitrogens with zero attached hydrogens (tertiary/aromatic N) is 4. The first-order valence-electron chi connectivity index (χ1n) is 12.4. The van der Waals surface area contributed by atoms with E-state index in [4.69, 9.17) is 9.72 Å². The number of hydrogen-bond donors (Lipinski definition) is 0. The normalized spacial score (nSPS) is 11.2. The molecule has 0 spiro atoms. The van der Waals surface area contributed by atoms with E-state index in [1.807, 2.05) is 79.0 Å². The molecule has 0 bridgehead atoms. The van der Waals surface area contributed by atoms with E-state index in [2.05, 4.69) is 54.6 Å². The summed E-state index contributed by atoms with van der Waals surface area (Å²) in [6.07, 6.45) is 3.59. The first-order valence-corrected chi connectivity index (χ1v) is 12.4. The zero-order chi connectivity index (χ0) is 26.3. The van der Waals surface area contributed by atoms with Crippen molar-refractivity contribution in [2.45, 2.75) is 26.2 Å². The van der Waals surface area contributed by atoms with E-state index in [-0.39, 0.29) is 26.5 Å². The van der Waals surface area contributed by atoms with E-state index in [0.29, 0.717) is 17.1 Å². The van der Waals surface area contributed by atoms with Gasteiger partial charge < -0.3 is 14.3 Å². The van der Waals surface area contributed by atoms with Crippen molar-refractivity contribution in [2.24, 2.45) is 0 Å². The Hall–Kier alpha value is -4.26. The minimum absolute atomic E-state index is 0. The van der Waals surface area contributed by atoms with E-state index < -0.39 is 0 Å². The smallest absolute Gasteiger partial charge is 0.503 e. The average molecular weight is 688 g/mol. The maximum Gasteiger partial charge on any atom is 2.00 e. The van der Waals surface area contributed by atoms with Crippen LogP contribution in [0.1, 0.15) is 31.9 Å². The molecule has 3 heterocycles. The summed E-state index contributed by atoms with van der Waals surface area (Å²) in [5, 5.41) is 11.7. The fourth-order valence-electron chi connectivity index (χ4n) is 4.67. The number of hydrogen-bond acceptors (Lipinski definition) is 4. The molecule has 0 aliphatic carbocycles. The topological polar surface area (TPSA) is 63.7 Å². The molecule has 0 aliphatic heterocycles. The van der Waals surface area contributed by atoms with Crippen LogP contribution in [0.25, 0.3) is 38.9 Å². The summed E-state index contributed by atoms with van der Waals surface area (Å²) in [7, 11) is 0.